The van der Waals surface area contributed by atoms with Gasteiger partial charge in [-0.3, -0.25) is 9.78 Å². The molecule has 0 aliphatic carbocycles. The average Bonchev–Trinajstić information content (AvgIpc) is 3.26. The van der Waals surface area contributed by atoms with E-state index in [0.29, 0.717) is 6.54 Å². The van der Waals surface area contributed by atoms with Crippen LogP contribution in [-0.4, -0.2) is 45.0 Å². The second-order valence-corrected chi connectivity index (χ2v) is 6.82. The number of likely N-dealkylation sites (tertiary alicyclic amines) is 1. The molecule has 4 rings (SSSR count). The van der Waals surface area contributed by atoms with Gasteiger partial charge in [0.05, 0.1) is 17.2 Å². The molecule has 0 unspecified atom stereocenters. The number of nitrogens with zero attached hydrogens (tertiary/aromatic N) is 4. The molecular weight excluding hydrogens is 328 g/mol. The summed E-state index contributed by atoms with van der Waals surface area (Å²) in [5, 5.41) is 0. The van der Waals surface area contributed by atoms with Crippen LogP contribution in [0.25, 0.3) is 11.0 Å². The highest BCUT2D eigenvalue weighted by molar-refractivity contribution is 5.78. The molecule has 3 aromatic rings. The van der Waals surface area contributed by atoms with Gasteiger partial charge in [-0.05, 0) is 31.5 Å². The van der Waals surface area contributed by atoms with Crippen LogP contribution in [0.1, 0.15) is 23.7 Å². The van der Waals surface area contributed by atoms with Gasteiger partial charge in [-0.15, -0.1) is 0 Å². The first-order valence-corrected chi connectivity index (χ1v) is 8.85. The summed E-state index contributed by atoms with van der Waals surface area (Å²) in [6.07, 6.45) is 4.51. The lowest BCUT2D eigenvalue weighted by atomic mass is 10.1. The smallest absolute Gasteiger partial charge is 0.260 e. The van der Waals surface area contributed by atoms with E-state index in [4.69, 9.17) is 9.72 Å². The Kier molecular flexibility index (Phi) is 4.32. The molecule has 2 aromatic heterocycles. The number of pyridine rings is 1. The third-order valence-electron chi connectivity index (χ3n) is 5.01. The van der Waals surface area contributed by atoms with Crippen molar-refractivity contribution in [1.82, 2.24) is 19.4 Å². The van der Waals surface area contributed by atoms with Gasteiger partial charge in [-0.25, -0.2) is 4.98 Å². The molecule has 1 aromatic carbocycles. The van der Waals surface area contributed by atoms with E-state index in [1.54, 1.807) is 6.20 Å². The molecule has 3 heterocycles. The predicted octanol–water partition coefficient (Wildman–Crippen LogP) is 2.67. The van der Waals surface area contributed by atoms with E-state index in [2.05, 4.69) is 9.55 Å². The maximum absolute atomic E-state index is 12.5. The van der Waals surface area contributed by atoms with Crippen molar-refractivity contribution < 1.29 is 9.53 Å². The molecule has 6 nitrogen and oxygen atoms in total. The lowest BCUT2D eigenvalue weighted by molar-refractivity contribution is -0.132. The molecule has 1 fully saturated rings. The molecule has 134 valence electrons. The van der Waals surface area contributed by atoms with Crippen molar-refractivity contribution >= 4 is 16.9 Å². The Morgan fingerprint density at radius 2 is 2.08 bits per heavy atom. The maximum Gasteiger partial charge on any atom is 0.260 e. The summed E-state index contributed by atoms with van der Waals surface area (Å²) in [5.41, 5.74) is 3.14. The molecule has 1 atom stereocenters. The number of aryl methyl sites for hydroxylation is 2. The van der Waals surface area contributed by atoms with E-state index in [-0.39, 0.29) is 18.4 Å². The van der Waals surface area contributed by atoms with Crippen molar-refractivity contribution in [1.29, 1.82) is 0 Å². The van der Waals surface area contributed by atoms with Crippen LogP contribution in [0.5, 0.6) is 5.75 Å². The van der Waals surface area contributed by atoms with Crippen LogP contribution in [0.15, 0.2) is 42.7 Å². The highest BCUT2D eigenvalue weighted by atomic mass is 16.5. The van der Waals surface area contributed by atoms with Crippen molar-refractivity contribution in [2.24, 2.45) is 7.05 Å². The third kappa shape index (κ3) is 3.14. The number of fused-ring (bicyclic) bond motifs is 1. The minimum absolute atomic E-state index is 0.0218. The number of rotatable bonds is 4. The van der Waals surface area contributed by atoms with Gasteiger partial charge in [0.25, 0.3) is 5.91 Å². The number of amides is 1. The van der Waals surface area contributed by atoms with Crippen LogP contribution in [0.2, 0.25) is 0 Å². The van der Waals surface area contributed by atoms with E-state index in [1.165, 1.54) is 5.56 Å². The molecule has 0 N–H and O–H groups in total. The summed E-state index contributed by atoms with van der Waals surface area (Å²) < 4.78 is 7.71. The minimum Gasteiger partial charge on any atom is -0.484 e. The van der Waals surface area contributed by atoms with Crippen LogP contribution in [0.3, 0.4) is 0 Å². The SMILES string of the molecule is Cc1ccc(OCC(=O)N2CC[C@@H](c3nc4ccncc4n3C)C2)cc1. The van der Waals surface area contributed by atoms with Crippen LogP contribution in [0.4, 0.5) is 0 Å². The summed E-state index contributed by atoms with van der Waals surface area (Å²) >= 11 is 0. The van der Waals surface area contributed by atoms with Gasteiger partial charge in [0.1, 0.15) is 11.6 Å². The lowest BCUT2D eigenvalue weighted by Crippen LogP contribution is -2.33. The van der Waals surface area contributed by atoms with E-state index in [9.17, 15) is 4.79 Å². The van der Waals surface area contributed by atoms with E-state index >= 15 is 0 Å². The topological polar surface area (TPSA) is 60.2 Å². The summed E-state index contributed by atoms with van der Waals surface area (Å²) in [6, 6.07) is 9.66. The van der Waals surface area contributed by atoms with Gasteiger partial charge < -0.3 is 14.2 Å². The molecule has 6 heteroatoms. The number of imidazole rings is 1. The quantitative estimate of drug-likeness (QED) is 0.726. The minimum atomic E-state index is 0.0218. The number of ether oxygens (including phenoxy) is 1. The number of aromatic nitrogens is 3. The molecule has 0 spiro atoms. The van der Waals surface area contributed by atoms with Crippen LogP contribution in [-0.2, 0) is 11.8 Å². The number of hydrogen-bond acceptors (Lipinski definition) is 4. The zero-order valence-corrected chi connectivity index (χ0v) is 15.1. The standard InChI is InChI=1S/C20H22N4O2/c1-14-3-5-16(6-4-14)26-13-19(25)24-10-8-15(12-24)20-22-17-7-9-21-11-18(17)23(20)2/h3-7,9,11,15H,8,10,12-13H2,1-2H3/t15-/m1/s1. The Morgan fingerprint density at radius 3 is 2.85 bits per heavy atom. The Hall–Kier alpha value is -2.89. The second kappa shape index (κ2) is 6.78. The van der Waals surface area contributed by atoms with Crippen molar-refractivity contribution in [2.45, 2.75) is 19.3 Å². The number of hydrogen-bond donors (Lipinski definition) is 0. The summed E-state index contributed by atoms with van der Waals surface area (Å²) in [6.45, 7) is 3.52. The monoisotopic (exact) mass is 350 g/mol. The Morgan fingerprint density at radius 1 is 1.27 bits per heavy atom. The largest absolute Gasteiger partial charge is 0.484 e. The van der Waals surface area contributed by atoms with Gasteiger partial charge >= 0.3 is 0 Å². The van der Waals surface area contributed by atoms with Gasteiger partial charge in [0.15, 0.2) is 6.61 Å². The molecule has 1 aliphatic rings. The molecule has 0 bridgehead atoms. The zero-order chi connectivity index (χ0) is 18.1. The van der Waals surface area contributed by atoms with Crippen LogP contribution < -0.4 is 4.74 Å². The molecule has 26 heavy (non-hydrogen) atoms. The molecule has 1 amide bonds. The third-order valence-corrected chi connectivity index (χ3v) is 5.01. The van der Waals surface area contributed by atoms with Gasteiger partial charge in [-0.1, -0.05) is 17.7 Å². The second-order valence-electron chi connectivity index (χ2n) is 6.82. The summed E-state index contributed by atoms with van der Waals surface area (Å²) in [7, 11) is 2.01. The Bertz CT molecular complexity index is 933. The van der Waals surface area contributed by atoms with Crippen molar-refractivity contribution in [3.8, 4) is 5.75 Å². The fourth-order valence-electron chi connectivity index (χ4n) is 3.49. The van der Waals surface area contributed by atoms with Gasteiger partial charge in [-0.2, -0.15) is 0 Å². The van der Waals surface area contributed by atoms with Gasteiger partial charge in [0.2, 0.25) is 0 Å². The zero-order valence-electron chi connectivity index (χ0n) is 15.1. The summed E-state index contributed by atoms with van der Waals surface area (Å²) in [5.74, 6) is 2.01. The summed E-state index contributed by atoms with van der Waals surface area (Å²) in [4.78, 5) is 23.3. The first-order chi connectivity index (χ1) is 12.6. The van der Waals surface area contributed by atoms with Gasteiger partial charge in [0, 0.05) is 32.3 Å². The van der Waals surface area contributed by atoms with E-state index in [0.717, 1.165) is 35.6 Å². The molecule has 0 saturated carbocycles. The highest BCUT2D eigenvalue weighted by Gasteiger charge is 2.30. The molecule has 1 aliphatic heterocycles. The highest BCUT2D eigenvalue weighted by Crippen LogP contribution is 2.28. The fourth-order valence-corrected chi connectivity index (χ4v) is 3.49. The van der Waals surface area contributed by atoms with Crippen LogP contribution in [0, 0.1) is 6.92 Å². The Balaban J connectivity index is 1.40. The first kappa shape index (κ1) is 16.6. The van der Waals surface area contributed by atoms with Crippen LogP contribution >= 0.6 is 0 Å². The number of carbonyl (C=O) groups is 1. The Labute approximate surface area is 152 Å². The van der Waals surface area contributed by atoms with E-state index < -0.39 is 0 Å². The van der Waals surface area contributed by atoms with Crippen molar-refractivity contribution in [2.75, 3.05) is 19.7 Å². The normalized spacial score (nSPS) is 17.0. The molecule has 1 saturated heterocycles. The van der Waals surface area contributed by atoms with E-state index in [1.807, 2.05) is 55.4 Å². The predicted molar refractivity (Wildman–Crippen MR) is 99.1 cm³/mol. The fraction of sp³-hybridized carbons (Fsp3) is 0.350. The maximum atomic E-state index is 12.5. The lowest BCUT2D eigenvalue weighted by Gasteiger charge is -2.17. The average molecular weight is 350 g/mol. The van der Waals surface area contributed by atoms with Crippen molar-refractivity contribution in [3.05, 3.63) is 54.1 Å². The molecule has 0 radical (unpaired) electrons. The number of benzene rings is 1. The molecular formula is C20H22N4O2. The number of carbonyl (C=O) groups excluding carboxylic acids is 1. The first-order valence-electron chi connectivity index (χ1n) is 8.85. The van der Waals surface area contributed by atoms with Crippen molar-refractivity contribution in [3.63, 3.8) is 0 Å².